The molecule has 32 heavy (non-hydrogen) atoms. The topological polar surface area (TPSA) is 84.9 Å². The van der Waals surface area contributed by atoms with Crippen LogP contribution in [0.3, 0.4) is 0 Å². The number of aryl methyl sites for hydroxylation is 1. The fraction of sp³-hybridized carbons (Fsp3) is 0.455. The molecule has 176 valence electrons. The number of anilines is 1. The quantitative estimate of drug-likeness (QED) is 0.457. The Hall–Kier alpha value is -1.41. The summed E-state index contributed by atoms with van der Waals surface area (Å²) >= 11 is 6.36. The number of para-hydroxylation sites is 1. The van der Waals surface area contributed by atoms with Crippen LogP contribution in [0.4, 0.5) is 5.69 Å². The summed E-state index contributed by atoms with van der Waals surface area (Å²) in [5, 5.41) is 2.69. The molecule has 0 aromatic heterocycles. The Morgan fingerprint density at radius 1 is 1.03 bits per heavy atom. The summed E-state index contributed by atoms with van der Waals surface area (Å²) in [5.74, 6) is 0. The van der Waals surface area contributed by atoms with Gasteiger partial charge >= 0.3 is 7.60 Å². The van der Waals surface area contributed by atoms with Crippen molar-refractivity contribution in [3.63, 3.8) is 0 Å². The summed E-state index contributed by atoms with van der Waals surface area (Å²) in [7, 11) is -7.33. The number of hydrogen-bond donors (Lipinski definition) is 1. The molecule has 1 N–H and O–H groups in total. The molecule has 10 heteroatoms. The molecule has 1 saturated heterocycles. The zero-order chi connectivity index (χ0) is 23.4. The van der Waals surface area contributed by atoms with E-state index in [9.17, 15) is 13.0 Å². The molecule has 0 bridgehead atoms. The third-order valence-corrected chi connectivity index (χ3v) is 10.6. The van der Waals surface area contributed by atoms with Crippen LogP contribution >= 0.6 is 19.2 Å². The van der Waals surface area contributed by atoms with Crippen LogP contribution in [0.2, 0.25) is 5.02 Å². The van der Waals surface area contributed by atoms with E-state index in [4.69, 9.17) is 20.6 Å². The highest BCUT2D eigenvalue weighted by atomic mass is 35.5. The zero-order valence-electron chi connectivity index (χ0n) is 18.6. The first kappa shape index (κ1) is 25.2. The molecule has 2 aromatic carbocycles. The van der Waals surface area contributed by atoms with Crippen LogP contribution in [-0.2, 0) is 23.6 Å². The first-order chi connectivity index (χ1) is 15.2. The number of halogens is 1. The van der Waals surface area contributed by atoms with E-state index < -0.39 is 22.9 Å². The molecule has 2 aromatic rings. The highest BCUT2D eigenvalue weighted by Gasteiger charge is 2.54. The van der Waals surface area contributed by atoms with Crippen molar-refractivity contribution in [2.24, 2.45) is 0 Å². The van der Waals surface area contributed by atoms with Crippen LogP contribution in [0, 0.1) is 6.92 Å². The first-order valence-corrected chi connectivity index (χ1v) is 14.0. The SMILES string of the molecule is CCOP(=O)(OCC)C1(Nc2ccccc2Cl)CCN(S(=O)(=O)c2ccc(C)cc2)CC1. The lowest BCUT2D eigenvalue weighted by Gasteiger charge is -2.45. The van der Waals surface area contributed by atoms with Gasteiger partial charge in [0.15, 0.2) is 0 Å². The van der Waals surface area contributed by atoms with E-state index in [-0.39, 0.29) is 44.0 Å². The van der Waals surface area contributed by atoms with Crippen LogP contribution in [-0.4, -0.2) is 44.3 Å². The molecule has 0 atom stereocenters. The molecule has 3 rings (SSSR count). The number of nitrogens with one attached hydrogen (secondary N) is 1. The highest BCUT2D eigenvalue weighted by Crippen LogP contribution is 2.64. The molecule has 1 aliphatic heterocycles. The Bertz CT molecular complexity index is 1060. The summed E-state index contributed by atoms with van der Waals surface area (Å²) in [6.07, 6.45) is 0.473. The van der Waals surface area contributed by atoms with Gasteiger partial charge in [-0.2, -0.15) is 4.31 Å². The minimum atomic E-state index is -3.67. The van der Waals surface area contributed by atoms with Crippen LogP contribution in [0.5, 0.6) is 0 Å². The summed E-state index contributed by atoms with van der Waals surface area (Å²) < 4.78 is 53.1. The van der Waals surface area contributed by atoms with E-state index in [1.165, 1.54) is 4.31 Å². The van der Waals surface area contributed by atoms with Gasteiger partial charge in [-0.3, -0.25) is 4.57 Å². The van der Waals surface area contributed by atoms with Gasteiger partial charge < -0.3 is 14.4 Å². The minimum absolute atomic E-state index is 0.164. The average Bonchev–Trinajstić information content (AvgIpc) is 2.76. The van der Waals surface area contributed by atoms with Gasteiger partial charge in [0, 0.05) is 13.1 Å². The van der Waals surface area contributed by atoms with Crippen LogP contribution in [0.25, 0.3) is 0 Å². The lowest BCUT2D eigenvalue weighted by Crippen LogP contribution is -2.51. The van der Waals surface area contributed by atoms with Crippen molar-refractivity contribution in [3.8, 4) is 0 Å². The Kier molecular flexibility index (Phi) is 8.07. The predicted octanol–water partition coefficient (Wildman–Crippen LogP) is 5.51. The Morgan fingerprint density at radius 2 is 1.59 bits per heavy atom. The van der Waals surface area contributed by atoms with Crippen LogP contribution < -0.4 is 5.32 Å². The maximum Gasteiger partial charge on any atom is 0.355 e. The summed E-state index contributed by atoms with van der Waals surface area (Å²) in [4.78, 5) is 0.243. The van der Waals surface area contributed by atoms with Crippen molar-refractivity contribution < 1.29 is 22.0 Å². The number of benzene rings is 2. The maximum absolute atomic E-state index is 14.0. The number of sulfonamides is 1. The van der Waals surface area contributed by atoms with Gasteiger partial charge in [0.05, 0.1) is 28.8 Å². The number of hydrogen-bond acceptors (Lipinski definition) is 6. The normalized spacial score (nSPS) is 17.2. The van der Waals surface area contributed by atoms with Crippen molar-refractivity contribution >= 4 is 34.9 Å². The van der Waals surface area contributed by atoms with Crippen molar-refractivity contribution in [2.45, 2.75) is 43.8 Å². The van der Waals surface area contributed by atoms with Gasteiger partial charge in [0.2, 0.25) is 10.0 Å². The Balaban J connectivity index is 1.93. The minimum Gasteiger partial charge on any atom is -0.368 e. The summed E-state index contributed by atoms with van der Waals surface area (Å²) in [6, 6.07) is 13.9. The van der Waals surface area contributed by atoms with Crippen LogP contribution in [0.1, 0.15) is 32.3 Å². The monoisotopic (exact) mass is 500 g/mol. The van der Waals surface area contributed by atoms with Crippen molar-refractivity contribution in [2.75, 3.05) is 31.6 Å². The molecule has 0 unspecified atom stereocenters. The van der Waals surface area contributed by atoms with E-state index in [1.54, 1.807) is 50.2 Å². The number of piperidine rings is 1. The first-order valence-electron chi connectivity index (χ1n) is 10.7. The van der Waals surface area contributed by atoms with Gasteiger partial charge in [-0.05, 0) is 57.9 Å². The second-order valence-electron chi connectivity index (χ2n) is 7.69. The fourth-order valence-electron chi connectivity index (χ4n) is 3.86. The van der Waals surface area contributed by atoms with E-state index in [0.717, 1.165) is 5.56 Å². The van der Waals surface area contributed by atoms with Gasteiger partial charge in [0.25, 0.3) is 0 Å². The van der Waals surface area contributed by atoms with E-state index in [1.807, 2.05) is 19.1 Å². The molecule has 1 heterocycles. The largest absolute Gasteiger partial charge is 0.368 e. The molecule has 0 spiro atoms. The van der Waals surface area contributed by atoms with E-state index >= 15 is 0 Å². The van der Waals surface area contributed by atoms with Gasteiger partial charge in [-0.25, -0.2) is 8.42 Å². The fourth-order valence-corrected chi connectivity index (χ4v) is 7.74. The maximum atomic E-state index is 14.0. The average molecular weight is 501 g/mol. The van der Waals surface area contributed by atoms with Crippen LogP contribution in [0.15, 0.2) is 53.4 Å². The van der Waals surface area contributed by atoms with Crippen molar-refractivity contribution in [3.05, 3.63) is 59.1 Å². The molecule has 0 aliphatic carbocycles. The van der Waals surface area contributed by atoms with Crippen molar-refractivity contribution in [1.82, 2.24) is 4.31 Å². The molecule has 1 fully saturated rings. The Morgan fingerprint density at radius 3 is 2.12 bits per heavy atom. The number of rotatable bonds is 9. The summed E-state index contributed by atoms with van der Waals surface area (Å²) in [5.41, 5.74) is 1.59. The highest BCUT2D eigenvalue weighted by molar-refractivity contribution is 7.89. The molecule has 0 amide bonds. The second kappa shape index (κ2) is 10.2. The van der Waals surface area contributed by atoms with Gasteiger partial charge in [-0.15, -0.1) is 0 Å². The number of nitrogens with zero attached hydrogens (tertiary/aromatic N) is 1. The molecule has 7 nitrogen and oxygen atoms in total. The van der Waals surface area contributed by atoms with Crippen molar-refractivity contribution in [1.29, 1.82) is 0 Å². The third-order valence-electron chi connectivity index (χ3n) is 5.57. The molecular weight excluding hydrogens is 471 g/mol. The second-order valence-corrected chi connectivity index (χ2v) is 12.4. The molecule has 0 saturated carbocycles. The smallest absolute Gasteiger partial charge is 0.355 e. The summed E-state index contributed by atoms with van der Waals surface area (Å²) in [6.45, 7) is 6.15. The van der Waals surface area contributed by atoms with Gasteiger partial charge in [0.1, 0.15) is 5.28 Å². The van der Waals surface area contributed by atoms with Gasteiger partial charge in [-0.1, -0.05) is 41.4 Å². The lowest BCUT2D eigenvalue weighted by molar-refractivity contribution is 0.179. The molecule has 1 aliphatic rings. The standard InChI is InChI=1S/C22H30ClN2O5PS/c1-4-29-31(26,30-5-2)22(24-21-9-7-6-8-20(21)23)14-16-25(17-15-22)32(27,28)19-12-10-18(3)11-13-19/h6-13,24H,4-5,14-17H2,1-3H3. The predicted molar refractivity (Wildman–Crippen MR) is 128 cm³/mol. The Labute approximate surface area is 195 Å². The zero-order valence-corrected chi connectivity index (χ0v) is 21.1. The molecule has 0 radical (unpaired) electrons. The van der Waals surface area contributed by atoms with E-state index in [2.05, 4.69) is 5.32 Å². The lowest BCUT2D eigenvalue weighted by atomic mass is 10.1. The van der Waals surface area contributed by atoms with E-state index in [0.29, 0.717) is 10.7 Å². The third kappa shape index (κ3) is 5.06. The molecular formula is C22H30ClN2O5PS.